The van der Waals surface area contributed by atoms with Gasteiger partial charge in [-0.25, -0.2) is 4.99 Å². The van der Waals surface area contributed by atoms with E-state index >= 15 is 0 Å². The molecule has 2 aliphatic rings. The maximum Gasteiger partial charge on any atom is 0.254 e. The van der Waals surface area contributed by atoms with E-state index in [1.165, 1.54) is 36.1 Å². The molecule has 200 valence electrons. The van der Waals surface area contributed by atoms with Crippen molar-refractivity contribution in [2.75, 3.05) is 7.11 Å². The van der Waals surface area contributed by atoms with Crippen molar-refractivity contribution in [1.29, 1.82) is 0 Å². The third-order valence-corrected chi connectivity index (χ3v) is 9.16. The molecule has 2 aromatic carbocycles. The van der Waals surface area contributed by atoms with Crippen LogP contribution in [0.1, 0.15) is 76.9 Å². The number of carbonyl (C=O) groups is 1. The van der Waals surface area contributed by atoms with Crippen LogP contribution in [0, 0.1) is 0 Å². The van der Waals surface area contributed by atoms with Gasteiger partial charge in [-0.05, 0) is 85.5 Å². The van der Waals surface area contributed by atoms with Gasteiger partial charge in [0.15, 0.2) is 11.5 Å². The quantitative estimate of drug-likeness (QED) is 0.277. The number of hydrogen-bond acceptors (Lipinski definition) is 5. The molecule has 3 aromatic rings. The Morgan fingerprint density at radius 1 is 1.03 bits per heavy atom. The normalized spacial score (nSPS) is 15.9. The molecule has 0 bridgehead atoms. The Bertz CT molecular complexity index is 1330. The molecule has 1 saturated carbocycles. The van der Waals surface area contributed by atoms with Crippen molar-refractivity contribution in [2.24, 2.45) is 4.99 Å². The van der Waals surface area contributed by atoms with Crippen LogP contribution in [0.5, 0.6) is 11.5 Å². The molecule has 0 atom stereocenters. The number of fused-ring (bicyclic) bond motifs is 1. The van der Waals surface area contributed by atoms with Crippen LogP contribution < -0.4 is 14.8 Å². The molecule has 2 aliphatic carbocycles. The third-order valence-electron chi connectivity index (χ3n) is 7.22. The largest absolute Gasteiger partial charge is 0.493 e. The average molecular weight is 572 g/mol. The Labute approximate surface area is 238 Å². The molecule has 5 nitrogen and oxygen atoms in total. The van der Waals surface area contributed by atoms with Gasteiger partial charge in [0.1, 0.15) is 11.6 Å². The summed E-state index contributed by atoms with van der Waals surface area (Å²) < 4.78 is 11.6. The van der Waals surface area contributed by atoms with E-state index in [4.69, 9.17) is 37.7 Å². The first-order valence-corrected chi connectivity index (χ1v) is 14.8. The van der Waals surface area contributed by atoms with E-state index in [2.05, 4.69) is 5.32 Å². The van der Waals surface area contributed by atoms with Crippen LogP contribution in [0.25, 0.3) is 0 Å². The maximum atomic E-state index is 13.4. The number of methoxy groups -OCH3 is 1. The lowest BCUT2D eigenvalue weighted by Gasteiger charge is -2.23. The van der Waals surface area contributed by atoms with Crippen LogP contribution >= 0.6 is 34.5 Å². The standard InChI is InChI=1S/C30H32Cl2N2O3S/c1-36-26-16-19(12-14-25(26)37-18-20-11-13-23(31)24(32)15-20)17-33-30-28(22-9-5-6-10-27(22)38-30)29(35)34-21-7-3-2-4-8-21/h11-17,21H,2-10,18H2,1H3,(H,34,35). The van der Waals surface area contributed by atoms with Crippen molar-refractivity contribution in [3.05, 3.63) is 73.6 Å². The molecule has 0 radical (unpaired) electrons. The van der Waals surface area contributed by atoms with Crippen molar-refractivity contribution in [3.8, 4) is 11.5 Å². The highest BCUT2D eigenvalue weighted by Crippen LogP contribution is 2.40. The Kier molecular flexibility index (Phi) is 8.93. The van der Waals surface area contributed by atoms with Gasteiger partial charge in [-0.1, -0.05) is 48.5 Å². The summed E-state index contributed by atoms with van der Waals surface area (Å²) in [5, 5.41) is 5.11. The van der Waals surface area contributed by atoms with Crippen molar-refractivity contribution in [3.63, 3.8) is 0 Å². The number of rotatable bonds is 8. The number of nitrogens with one attached hydrogen (secondary N) is 1. The fourth-order valence-corrected chi connectivity index (χ4v) is 6.74. The molecule has 0 saturated heterocycles. The molecule has 38 heavy (non-hydrogen) atoms. The smallest absolute Gasteiger partial charge is 0.254 e. The number of aryl methyl sites for hydroxylation is 1. The highest BCUT2D eigenvalue weighted by Gasteiger charge is 2.27. The molecule has 0 aliphatic heterocycles. The molecule has 0 spiro atoms. The van der Waals surface area contributed by atoms with Gasteiger partial charge in [0, 0.05) is 17.1 Å². The average Bonchev–Trinajstić information content (AvgIpc) is 3.32. The zero-order valence-electron chi connectivity index (χ0n) is 21.5. The van der Waals surface area contributed by atoms with Gasteiger partial charge in [0.25, 0.3) is 5.91 Å². The second-order valence-electron chi connectivity index (χ2n) is 9.91. The van der Waals surface area contributed by atoms with Crippen LogP contribution in [0.3, 0.4) is 0 Å². The van der Waals surface area contributed by atoms with Gasteiger partial charge in [-0.15, -0.1) is 11.3 Å². The summed E-state index contributed by atoms with van der Waals surface area (Å²) in [5.41, 5.74) is 3.76. The van der Waals surface area contributed by atoms with Crippen LogP contribution in [0.15, 0.2) is 41.4 Å². The van der Waals surface area contributed by atoms with E-state index in [9.17, 15) is 4.79 Å². The van der Waals surface area contributed by atoms with E-state index in [0.29, 0.717) is 28.2 Å². The number of benzene rings is 2. The summed E-state index contributed by atoms with van der Waals surface area (Å²) in [7, 11) is 1.61. The number of carbonyl (C=O) groups excluding carboxylic acids is 1. The molecule has 1 amide bonds. The van der Waals surface area contributed by atoms with Crippen molar-refractivity contribution >= 4 is 51.7 Å². The van der Waals surface area contributed by atoms with Crippen LogP contribution in [-0.4, -0.2) is 25.3 Å². The van der Waals surface area contributed by atoms with E-state index in [1.54, 1.807) is 36.8 Å². The number of ether oxygens (including phenoxy) is 2. The number of nitrogens with zero attached hydrogens (tertiary/aromatic N) is 1. The van der Waals surface area contributed by atoms with Crippen LogP contribution in [0.2, 0.25) is 10.0 Å². The van der Waals surface area contributed by atoms with Crippen molar-refractivity contribution in [2.45, 2.75) is 70.4 Å². The summed E-state index contributed by atoms with van der Waals surface area (Å²) in [6, 6.07) is 11.4. The predicted octanol–water partition coefficient (Wildman–Crippen LogP) is 8.33. The second kappa shape index (κ2) is 12.5. The summed E-state index contributed by atoms with van der Waals surface area (Å²) in [6.45, 7) is 0.334. The Balaban J connectivity index is 1.34. The van der Waals surface area contributed by atoms with Gasteiger partial charge in [-0.3, -0.25) is 4.79 Å². The fraction of sp³-hybridized carbons (Fsp3) is 0.400. The molecule has 1 heterocycles. The van der Waals surface area contributed by atoms with Gasteiger partial charge < -0.3 is 14.8 Å². The molecule has 0 unspecified atom stereocenters. The second-order valence-corrected chi connectivity index (χ2v) is 11.8. The van der Waals surface area contributed by atoms with Gasteiger partial charge in [0.2, 0.25) is 0 Å². The lowest BCUT2D eigenvalue weighted by atomic mass is 9.93. The Morgan fingerprint density at radius 3 is 2.63 bits per heavy atom. The number of amides is 1. The molecular formula is C30H32Cl2N2O3S. The lowest BCUT2D eigenvalue weighted by molar-refractivity contribution is 0.0927. The van der Waals surface area contributed by atoms with E-state index in [1.807, 2.05) is 24.3 Å². The minimum atomic E-state index is 0.0343. The molecule has 8 heteroatoms. The van der Waals surface area contributed by atoms with Gasteiger partial charge in [0.05, 0.1) is 22.7 Å². The topological polar surface area (TPSA) is 59.9 Å². The molecule has 5 rings (SSSR count). The molecule has 1 aromatic heterocycles. The lowest BCUT2D eigenvalue weighted by Crippen LogP contribution is -2.36. The van der Waals surface area contributed by atoms with Crippen molar-refractivity contribution in [1.82, 2.24) is 5.32 Å². The van der Waals surface area contributed by atoms with Gasteiger partial charge >= 0.3 is 0 Å². The number of aliphatic imine (C=N–C) groups is 1. The summed E-state index contributed by atoms with van der Waals surface area (Å²) in [5.74, 6) is 1.26. The SMILES string of the molecule is COc1cc(C=Nc2sc3c(c2C(=O)NC2CCCCC2)CCCC3)ccc1OCc1ccc(Cl)c(Cl)c1. The minimum absolute atomic E-state index is 0.0343. The Morgan fingerprint density at radius 2 is 1.84 bits per heavy atom. The first-order valence-electron chi connectivity index (χ1n) is 13.3. The summed E-state index contributed by atoms with van der Waals surface area (Å²) in [6.07, 6.45) is 11.8. The van der Waals surface area contributed by atoms with E-state index in [-0.39, 0.29) is 11.9 Å². The zero-order chi connectivity index (χ0) is 26.5. The number of hydrogen-bond donors (Lipinski definition) is 1. The maximum absolute atomic E-state index is 13.4. The monoisotopic (exact) mass is 570 g/mol. The number of halogens is 2. The predicted molar refractivity (Wildman–Crippen MR) is 156 cm³/mol. The fourth-order valence-electron chi connectivity index (χ4n) is 5.19. The van der Waals surface area contributed by atoms with Crippen LogP contribution in [0.4, 0.5) is 5.00 Å². The summed E-state index contributed by atoms with van der Waals surface area (Å²) in [4.78, 5) is 19.5. The first-order chi connectivity index (χ1) is 18.5. The zero-order valence-corrected chi connectivity index (χ0v) is 23.9. The first kappa shape index (κ1) is 27.0. The highest BCUT2D eigenvalue weighted by atomic mass is 35.5. The minimum Gasteiger partial charge on any atom is -0.493 e. The van der Waals surface area contributed by atoms with E-state index < -0.39 is 0 Å². The van der Waals surface area contributed by atoms with E-state index in [0.717, 1.165) is 53.8 Å². The number of thiophene rings is 1. The summed E-state index contributed by atoms with van der Waals surface area (Å²) >= 11 is 13.8. The Hall–Kier alpha value is -2.54. The van der Waals surface area contributed by atoms with Crippen LogP contribution in [-0.2, 0) is 19.4 Å². The van der Waals surface area contributed by atoms with Gasteiger partial charge in [-0.2, -0.15) is 0 Å². The molecule has 1 N–H and O–H groups in total. The molecule has 1 fully saturated rings. The highest BCUT2D eigenvalue weighted by molar-refractivity contribution is 7.16. The molecular weight excluding hydrogens is 539 g/mol. The third kappa shape index (κ3) is 6.36. The van der Waals surface area contributed by atoms with Crippen molar-refractivity contribution < 1.29 is 14.3 Å².